The van der Waals surface area contributed by atoms with Crippen LogP contribution in [0.15, 0.2) is 31.7 Å². The lowest BCUT2D eigenvalue weighted by Gasteiger charge is -2.28. The maximum atomic E-state index is 10.6. The molecule has 45 heavy (non-hydrogen) atoms. The molecule has 12 heteroatoms. The minimum atomic E-state index is -0.592. The van der Waals surface area contributed by atoms with Crippen LogP contribution in [0.2, 0.25) is 0 Å². The molecular formula is C33H54N4O4S4. The van der Waals surface area contributed by atoms with Gasteiger partial charge in [0.2, 0.25) is 0 Å². The second kappa shape index (κ2) is 19.6. The summed E-state index contributed by atoms with van der Waals surface area (Å²) in [6.07, 6.45) is 12.1. The van der Waals surface area contributed by atoms with Crippen molar-refractivity contribution in [3.8, 4) is 0 Å². The Balaban J connectivity index is 1.28. The smallest absolute Gasteiger partial charge is 0.0945 e. The topological polar surface area (TPSA) is 135 Å². The molecule has 3 rings (SSSR count). The summed E-state index contributed by atoms with van der Waals surface area (Å²) in [5.74, 6) is 1.07. The second-order valence-corrected chi connectivity index (χ2v) is 15.1. The van der Waals surface area contributed by atoms with Gasteiger partial charge in [-0.2, -0.15) is 0 Å². The van der Waals surface area contributed by atoms with Gasteiger partial charge in [-0.25, -0.2) is 0 Å². The van der Waals surface area contributed by atoms with Gasteiger partial charge in [-0.3, -0.25) is 0 Å². The summed E-state index contributed by atoms with van der Waals surface area (Å²) >= 11 is 6.58. The third kappa shape index (κ3) is 11.2. The van der Waals surface area contributed by atoms with E-state index in [1.807, 2.05) is 25.7 Å². The lowest BCUT2D eigenvalue weighted by molar-refractivity contribution is 0.0100. The Morgan fingerprint density at radius 1 is 0.733 bits per heavy atom. The van der Waals surface area contributed by atoms with Gasteiger partial charge in [-0.05, 0) is 106 Å². The third-order valence-corrected chi connectivity index (χ3v) is 11.6. The summed E-state index contributed by atoms with van der Waals surface area (Å²) in [5.41, 5.74) is 18.5. The first-order chi connectivity index (χ1) is 21.6. The van der Waals surface area contributed by atoms with Crippen LogP contribution in [0, 0.1) is 25.7 Å². The molecule has 0 radical (unpaired) electrons. The van der Waals surface area contributed by atoms with E-state index in [0.29, 0.717) is 51.2 Å². The SMILES string of the molecule is CSc1cc(C)c(NCC(O)COCC2CCC(COCCC(O)CNc3c(SC)cc(C)c(N)c3SC)CC2)c(SC)c1N. The summed E-state index contributed by atoms with van der Waals surface area (Å²) in [6.45, 7) is 7.25. The van der Waals surface area contributed by atoms with E-state index in [4.69, 9.17) is 20.9 Å². The normalized spacial score (nSPS) is 18.1. The van der Waals surface area contributed by atoms with E-state index in [0.717, 1.165) is 85.7 Å². The number of aliphatic hydroxyl groups is 2. The number of hydrogen-bond acceptors (Lipinski definition) is 12. The Bertz CT molecular complexity index is 1210. The Morgan fingerprint density at radius 2 is 1.27 bits per heavy atom. The summed E-state index contributed by atoms with van der Waals surface area (Å²) in [5, 5.41) is 28.0. The van der Waals surface area contributed by atoms with Crippen molar-refractivity contribution in [2.75, 3.05) is 86.6 Å². The molecule has 1 fully saturated rings. The Morgan fingerprint density at radius 3 is 1.87 bits per heavy atom. The van der Waals surface area contributed by atoms with Crippen LogP contribution in [0.1, 0.15) is 43.2 Å². The molecule has 0 aliphatic heterocycles. The van der Waals surface area contributed by atoms with Crippen LogP contribution < -0.4 is 22.1 Å². The van der Waals surface area contributed by atoms with Crippen molar-refractivity contribution in [2.45, 2.75) is 77.7 Å². The predicted molar refractivity (Wildman–Crippen MR) is 199 cm³/mol. The van der Waals surface area contributed by atoms with Gasteiger partial charge >= 0.3 is 0 Å². The van der Waals surface area contributed by atoms with Crippen molar-refractivity contribution in [1.29, 1.82) is 0 Å². The maximum Gasteiger partial charge on any atom is 0.0945 e. The molecule has 2 aromatic carbocycles. The van der Waals surface area contributed by atoms with Gasteiger partial charge in [0, 0.05) is 42.7 Å². The van der Waals surface area contributed by atoms with Crippen LogP contribution in [0.4, 0.5) is 22.7 Å². The fourth-order valence-corrected chi connectivity index (χ4v) is 8.64. The number of nitrogens with two attached hydrogens (primary N) is 2. The fraction of sp³-hybridized carbons (Fsp3) is 0.636. The molecule has 0 bridgehead atoms. The lowest BCUT2D eigenvalue weighted by Crippen LogP contribution is -2.28. The molecule has 0 spiro atoms. The number of anilines is 4. The van der Waals surface area contributed by atoms with Gasteiger partial charge in [0.05, 0.1) is 51.4 Å². The van der Waals surface area contributed by atoms with Crippen molar-refractivity contribution in [1.82, 2.24) is 0 Å². The van der Waals surface area contributed by atoms with Crippen molar-refractivity contribution in [2.24, 2.45) is 11.8 Å². The van der Waals surface area contributed by atoms with E-state index in [2.05, 4.69) is 35.9 Å². The van der Waals surface area contributed by atoms with Crippen molar-refractivity contribution >= 4 is 69.8 Å². The number of benzene rings is 2. The second-order valence-electron chi connectivity index (χ2n) is 11.8. The van der Waals surface area contributed by atoms with E-state index in [-0.39, 0.29) is 0 Å². The zero-order valence-electron chi connectivity index (χ0n) is 27.7. The highest BCUT2D eigenvalue weighted by atomic mass is 32.2. The summed E-state index contributed by atoms with van der Waals surface area (Å²) in [4.78, 5) is 4.28. The molecule has 0 saturated heterocycles. The number of nitrogen functional groups attached to an aromatic ring is 2. The predicted octanol–water partition coefficient (Wildman–Crippen LogP) is 6.83. The number of aliphatic hydroxyl groups excluding tert-OH is 2. The molecule has 8 nitrogen and oxygen atoms in total. The van der Waals surface area contributed by atoms with Crippen molar-refractivity contribution in [3.05, 3.63) is 23.3 Å². The van der Waals surface area contributed by atoms with Crippen molar-refractivity contribution < 1.29 is 19.7 Å². The largest absolute Gasteiger partial charge is 0.398 e. The fourth-order valence-electron chi connectivity index (χ4n) is 5.69. The molecule has 1 aliphatic carbocycles. The summed E-state index contributed by atoms with van der Waals surface area (Å²) in [6, 6.07) is 4.20. The molecule has 0 amide bonds. The van der Waals surface area contributed by atoms with E-state index in [1.54, 1.807) is 47.0 Å². The molecule has 1 aliphatic rings. The summed E-state index contributed by atoms with van der Waals surface area (Å²) in [7, 11) is 0. The van der Waals surface area contributed by atoms with Gasteiger partial charge < -0.3 is 41.8 Å². The zero-order chi connectivity index (χ0) is 32.9. The molecule has 2 atom stereocenters. The van der Waals surface area contributed by atoms with E-state index >= 15 is 0 Å². The highest BCUT2D eigenvalue weighted by molar-refractivity contribution is 8.00. The highest BCUT2D eigenvalue weighted by Gasteiger charge is 2.22. The minimum absolute atomic E-state index is 0.313. The maximum absolute atomic E-state index is 10.6. The molecule has 2 unspecified atom stereocenters. The van der Waals surface area contributed by atoms with Gasteiger partial charge in [0.25, 0.3) is 0 Å². The lowest BCUT2D eigenvalue weighted by atomic mass is 9.83. The molecule has 254 valence electrons. The highest BCUT2D eigenvalue weighted by Crippen LogP contribution is 2.41. The molecule has 0 aromatic heterocycles. The third-order valence-electron chi connectivity index (χ3n) is 8.43. The van der Waals surface area contributed by atoms with E-state index in [1.165, 1.54) is 0 Å². The molecule has 2 aromatic rings. The first-order valence-electron chi connectivity index (χ1n) is 15.6. The van der Waals surface area contributed by atoms with E-state index < -0.39 is 12.2 Å². The van der Waals surface area contributed by atoms with Gasteiger partial charge in [0.1, 0.15) is 0 Å². The Labute approximate surface area is 287 Å². The first-order valence-corrected chi connectivity index (χ1v) is 20.5. The van der Waals surface area contributed by atoms with Gasteiger partial charge in [0.15, 0.2) is 0 Å². The first kappa shape index (κ1) is 38.3. The average Bonchev–Trinajstić information content (AvgIpc) is 3.04. The van der Waals surface area contributed by atoms with E-state index in [9.17, 15) is 10.2 Å². The Kier molecular flexibility index (Phi) is 16.7. The molecule has 0 heterocycles. The van der Waals surface area contributed by atoms with Crippen LogP contribution in [-0.4, -0.2) is 87.0 Å². The van der Waals surface area contributed by atoms with Gasteiger partial charge in [-0.1, -0.05) is 0 Å². The molecule has 1 saturated carbocycles. The zero-order valence-corrected chi connectivity index (χ0v) is 31.0. The van der Waals surface area contributed by atoms with Crippen molar-refractivity contribution in [3.63, 3.8) is 0 Å². The number of aryl methyl sites for hydroxylation is 2. The number of ether oxygens (including phenoxy) is 2. The average molecular weight is 699 g/mol. The quantitative estimate of drug-likeness (QED) is 0.0522. The Hall–Kier alpha value is -1.12. The van der Waals surface area contributed by atoms with Crippen LogP contribution in [0.3, 0.4) is 0 Å². The number of thioether (sulfide) groups is 4. The monoisotopic (exact) mass is 698 g/mol. The van der Waals surface area contributed by atoms with Crippen LogP contribution in [0.25, 0.3) is 0 Å². The number of nitrogens with one attached hydrogen (secondary N) is 2. The number of hydrogen-bond donors (Lipinski definition) is 6. The van der Waals surface area contributed by atoms with Crippen LogP contribution in [0.5, 0.6) is 0 Å². The standard InChI is InChI=1S/C33H54N4O4S4/c1-20-13-27(43-4)31(32(44-5)28(20)34)37-15-24(38)11-12-40-17-22-7-9-23(10-8-22)18-41-19-25(39)16-36-30-21(2)14-26(42-3)29(35)33(30)45-6/h13-14,22-25,36-39H,7-12,15-19,34-35H2,1-6H3. The molecular weight excluding hydrogens is 645 g/mol. The minimum Gasteiger partial charge on any atom is -0.398 e. The van der Waals surface area contributed by atoms with Gasteiger partial charge in [-0.15, -0.1) is 47.0 Å². The number of rotatable bonds is 19. The van der Waals surface area contributed by atoms with Crippen LogP contribution >= 0.6 is 47.0 Å². The molecule has 8 N–H and O–H groups in total. The summed E-state index contributed by atoms with van der Waals surface area (Å²) < 4.78 is 11.9. The van der Waals surface area contributed by atoms with Crippen LogP contribution in [-0.2, 0) is 9.47 Å².